The van der Waals surface area contributed by atoms with Crippen LogP contribution < -0.4 is 5.73 Å². The molecule has 17 heavy (non-hydrogen) atoms. The Morgan fingerprint density at radius 3 is 2.82 bits per heavy atom. The lowest BCUT2D eigenvalue weighted by Gasteiger charge is -2.07. The number of carbonyl (C=O) groups excluding carboxylic acids is 1. The molecule has 0 aromatic heterocycles. The fourth-order valence-electron chi connectivity index (χ4n) is 1.34. The Bertz CT molecular complexity index is 486. The normalized spacial score (nSPS) is 9.35. The minimum atomic E-state index is -0.390. The molecule has 1 aromatic carbocycles. The quantitative estimate of drug-likeness (QED) is 0.395. The highest BCUT2D eigenvalue weighted by Crippen LogP contribution is 2.19. The number of esters is 1. The van der Waals surface area contributed by atoms with Gasteiger partial charge in [-0.05, 0) is 24.6 Å². The van der Waals surface area contributed by atoms with E-state index < -0.39 is 5.97 Å². The van der Waals surface area contributed by atoms with E-state index in [0.717, 1.165) is 22.9 Å². The SMILES string of the molecule is COC(=O)c1cc(C#CCCBr)cc(N)c1C. The monoisotopic (exact) mass is 295 g/mol. The zero-order valence-corrected chi connectivity index (χ0v) is 11.4. The van der Waals surface area contributed by atoms with Crippen molar-refractivity contribution in [3.8, 4) is 11.8 Å². The van der Waals surface area contributed by atoms with Crippen LogP contribution in [0.4, 0.5) is 5.69 Å². The van der Waals surface area contributed by atoms with Gasteiger partial charge in [-0.15, -0.1) is 0 Å². The molecule has 1 aromatic rings. The molecule has 90 valence electrons. The van der Waals surface area contributed by atoms with Gasteiger partial charge >= 0.3 is 5.97 Å². The number of anilines is 1. The molecule has 0 aliphatic rings. The third-order valence-corrected chi connectivity index (χ3v) is 2.70. The van der Waals surface area contributed by atoms with Gasteiger partial charge in [-0.25, -0.2) is 4.79 Å². The third-order valence-electron chi connectivity index (χ3n) is 2.31. The highest BCUT2D eigenvalue weighted by molar-refractivity contribution is 9.09. The number of nitrogen functional groups attached to an aromatic ring is 1. The summed E-state index contributed by atoms with van der Waals surface area (Å²) in [6.45, 7) is 1.79. The summed E-state index contributed by atoms with van der Waals surface area (Å²) in [5.41, 5.74) is 8.31. The van der Waals surface area contributed by atoms with Crippen molar-refractivity contribution in [1.29, 1.82) is 0 Å². The van der Waals surface area contributed by atoms with E-state index in [1.807, 2.05) is 0 Å². The predicted octanol–water partition coefficient (Wildman–Crippen LogP) is 2.50. The van der Waals surface area contributed by atoms with Crippen molar-refractivity contribution in [2.24, 2.45) is 0 Å². The Balaban J connectivity index is 3.16. The number of benzene rings is 1. The van der Waals surface area contributed by atoms with Crippen LogP contribution in [0.15, 0.2) is 12.1 Å². The van der Waals surface area contributed by atoms with Gasteiger partial charge in [0, 0.05) is 23.0 Å². The van der Waals surface area contributed by atoms with Crippen molar-refractivity contribution in [2.45, 2.75) is 13.3 Å². The minimum Gasteiger partial charge on any atom is -0.465 e. The van der Waals surface area contributed by atoms with Gasteiger partial charge in [0.2, 0.25) is 0 Å². The van der Waals surface area contributed by atoms with Crippen LogP contribution in [0.1, 0.15) is 27.9 Å². The Morgan fingerprint density at radius 1 is 1.53 bits per heavy atom. The van der Waals surface area contributed by atoms with Crippen molar-refractivity contribution in [3.05, 3.63) is 28.8 Å². The molecule has 0 atom stereocenters. The number of alkyl halides is 1. The van der Waals surface area contributed by atoms with Gasteiger partial charge in [-0.2, -0.15) is 0 Å². The lowest BCUT2D eigenvalue weighted by atomic mass is 10.0. The van der Waals surface area contributed by atoms with Crippen LogP contribution in [0.5, 0.6) is 0 Å². The second-order valence-corrected chi connectivity index (χ2v) is 4.26. The highest BCUT2D eigenvalue weighted by Gasteiger charge is 2.12. The molecular weight excluding hydrogens is 282 g/mol. The van der Waals surface area contributed by atoms with Crippen LogP contribution in [0.25, 0.3) is 0 Å². The lowest BCUT2D eigenvalue weighted by Crippen LogP contribution is -2.06. The van der Waals surface area contributed by atoms with Gasteiger partial charge in [0.05, 0.1) is 12.7 Å². The first kappa shape index (κ1) is 13.6. The average Bonchev–Trinajstić information content (AvgIpc) is 2.32. The van der Waals surface area contributed by atoms with Crippen LogP contribution in [-0.2, 0) is 4.74 Å². The van der Waals surface area contributed by atoms with Crippen LogP contribution in [0, 0.1) is 18.8 Å². The van der Waals surface area contributed by atoms with Crippen LogP contribution in [0.2, 0.25) is 0 Å². The maximum Gasteiger partial charge on any atom is 0.338 e. The number of hydrogen-bond donors (Lipinski definition) is 1. The van der Waals surface area contributed by atoms with E-state index in [0.29, 0.717) is 11.3 Å². The number of methoxy groups -OCH3 is 1. The van der Waals surface area contributed by atoms with Crippen molar-refractivity contribution in [3.63, 3.8) is 0 Å². The van der Waals surface area contributed by atoms with Crippen molar-refractivity contribution in [2.75, 3.05) is 18.2 Å². The Morgan fingerprint density at radius 2 is 2.24 bits per heavy atom. The first-order valence-electron chi connectivity index (χ1n) is 5.13. The van der Waals surface area contributed by atoms with E-state index in [4.69, 9.17) is 10.5 Å². The van der Waals surface area contributed by atoms with Crippen molar-refractivity contribution >= 4 is 27.6 Å². The lowest BCUT2D eigenvalue weighted by molar-refractivity contribution is 0.0600. The fourth-order valence-corrected chi connectivity index (χ4v) is 1.54. The summed E-state index contributed by atoms with van der Waals surface area (Å²) < 4.78 is 4.70. The maximum absolute atomic E-state index is 11.5. The van der Waals surface area contributed by atoms with Gasteiger partial charge < -0.3 is 10.5 Å². The summed E-state index contributed by atoms with van der Waals surface area (Å²) in [4.78, 5) is 11.5. The molecule has 0 bridgehead atoms. The minimum absolute atomic E-state index is 0.390. The first-order chi connectivity index (χ1) is 8.10. The average molecular weight is 296 g/mol. The zero-order valence-electron chi connectivity index (χ0n) is 9.84. The van der Waals surface area contributed by atoms with E-state index in [1.54, 1.807) is 19.1 Å². The van der Waals surface area contributed by atoms with E-state index in [9.17, 15) is 4.79 Å². The topological polar surface area (TPSA) is 52.3 Å². The number of halogens is 1. The second kappa shape index (κ2) is 6.31. The van der Waals surface area contributed by atoms with Crippen LogP contribution in [-0.4, -0.2) is 18.4 Å². The molecular formula is C13H14BrNO2. The molecule has 0 amide bonds. The largest absolute Gasteiger partial charge is 0.465 e. The Labute approximate surface area is 109 Å². The molecule has 0 fully saturated rings. The van der Waals surface area contributed by atoms with Crippen LogP contribution in [0.3, 0.4) is 0 Å². The molecule has 0 heterocycles. The standard InChI is InChI=1S/C13H14BrNO2/c1-9-11(13(16)17-2)7-10(8-12(9)15)5-3-4-6-14/h7-8H,4,6,15H2,1-2H3. The molecule has 2 N–H and O–H groups in total. The van der Waals surface area contributed by atoms with Crippen molar-refractivity contribution < 1.29 is 9.53 Å². The predicted molar refractivity (Wildman–Crippen MR) is 72.2 cm³/mol. The Hall–Kier alpha value is -1.47. The molecule has 0 radical (unpaired) electrons. The highest BCUT2D eigenvalue weighted by atomic mass is 79.9. The van der Waals surface area contributed by atoms with Gasteiger partial charge in [0.25, 0.3) is 0 Å². The smallest absolute Gasteiger partial charge is 0.338 e. The fraction of sp³-hybridized carbons (Fsp3) is 0.308. The van der Waals surface area contributed by atoms with E-state index >= 15 is 0 Å². The molecule has 0 aliphatic carbocycles. The van der Waals surface area contributed by atoms with Crippen molar-refractivity contribution in [1.82, 2.24) is 0 Å². The van der Waals surface area contributed by atoms with Gasteiger partial charge in [-0.1, -0.05) is 27.8 Å². The number of ether oxygens (including phenoxy) is 1. The third kappa shape index (κ3) is 3.50. The molecule has 1 rings (SSSR count). The maximum atomic E-state index is 11.5. The summed E-state index contributed by atoms with van der Waals surface area (Å²) >= 11 is 3.30. The van der Waals surface area contributed by atoms with E-state index in [2.05, 4.69) is 27.8 Å². The second-order valence-electron chi connectivity index (χ2n) is 3.47. The molecule has 0 saturated carbocycles. The van der Waals surface area contributed by atoms with Gasteiger partial charge in [0.15, 0.2) is 0 Å². The summed E-state index contributed by atoms with van der Waals surface area (Å²) in [5, 5.41) is 0.825. The van der Waals surface area contributed by atoms with Crippen LogP contribution >= 0.6 is 15.9 Å². The molecule has 0 spiro atoms. The summed E-state index contributed by atoms with van der Waals surface area (Å²) in [6.07, 6.45) is 0.751. The molecule has 3 nitrogen and oxygen atoms in total. The Kier molecular flexibility index (Phi) is 5.05. The number of carbonyl (C=O) groups is 1. The molecule has 4 heteroatoms. The molecule has 0 unspecified atom stereocenters. The number of nitrogens with two attached hydrogens (primary N) is 1. The summed E-state index contributed by atoms with van der Waals surface area (Å²) in [7, 11) is 1.35. The van der Waals surface area contributed by atoms with E-state index in [-0.39, 0.29) is 0 Å². The molecule has 0 aliphatic heterocycles. The summed E-state index contributed by atoms with van der Waals surface area (Å²) in [6, 6.07) is 3.47. The van der Waals surface area contributed by atoms with Gasteiger partial charge in [-0.3, -0.25) is 0 Å². The summed E-state index contributed by atoms with van der Waals surface area (Å²) in [5.74, 6) is 5.55. The number of hydrogen-bond acceptors (Lipinski definition) is 3. The number of rotatable bonds is 2. The first-order valence-corrected chi connectivity index (χ1v) is 6.25. The zero-order chi connectivity index (χ0) is 12.8. The van der Waals surface area contributed by atoms with Gasteiger partial charge in [0.1, 0.15) is 0 Å². The van der Waals surface area contributed by atoms with E-state index in [1.165, 1.54) is 7.11 Å². The molecule has 0 saturated heterocycles.